The molecule has 0 spiro atoms. The summed E-state index contributed by atoms with van der Waals surface area (Å²) < 4.78 is 5.11. The first-order chi connectivity index (χ1) is 10.7. The van der Waals surface area contributed by atoms with Crippen LogP contribution in [0.5, 0.6) is 0 Å². The lowest BCUT2D eigenvalue weighted by Gasteiger charge is -2.05. The lowest BCUT2D eigenvalue weighted by atomic mass is 10.1. The van der Waals surface area contributed by atoms with Crippen molar-refractivity contribution in [1.29, 1.82) is 0 Å². The number of thioether (sulfide) groups is 1. The molecule has 2 heterocycles. The predicted molar refractivity (Wildman–Crippen MR) is 88.4 cm³/mol. The minimum absolute atomic E-state index is 0.0723. The Morgan fingerprint density at radius 2 is 2.27 bits per heavy atom. The van der Waals surface area contributed by atoms with Crippen molar-refractivity contribution in [2.24, 2.45) is 10.2 Å². The predicted octanol–water partition coefficient (Wildman–Crippen LogP) is 3.10. The molecule has 1 amide bonds. The number of nitrogens with zero attached hydrogens (tertiary/aromatic N) is 2. The fourth-order valence-electron chi connectivity index (χ4n) is 1.97. The van der Waals surface area contributed by atoms with Crippen LogP contribution in [0.1, 0.15) is 11.3 Å². The van der Waals surface area contributed by atoms with Crippen molar-refractivity contribution >= 4 is 40.7 Å². The van der Waals surface area contributed by atoms with Crippen molar-refractivity contribution in [3.8, 4) is 0 Å². The summed E-state index contributed by atoms with van der Waals surface area (Å²) in [6, 6.07) is 11.0. The number of amidine groups is 1. The molecule has 1 saturated heterocycles. The normalized spacial score (nSPS) is 20.0. The van der Waals surface area contributed by atoms with E-state index >= 15 is 0 Å². The summed E-state index contributed by atoms with van der Waals surface area (Å²) in [5.41, 5.74) is 1.01. The van der Waals surface area contributed by atoms with E-state index in [2.05, 4.69) is 15.5 Å². The number of benzene rings is 1. The van der Waals surface area contributed by atoms with E-state index in [1.54, 1.807) is 18.4 Å². The van der Waals surface area contributed by atoms with Crippen molar-refractivity contribution in [1.82, 2.24) is 5.32 Å². The van der Waals surface area contributed by atoms with E-state index in [0.29, 0.717) is 22.4 Å². The number of rotatable bonds is 4. The van der Waals surface area contributed by atoms with Gasteiger partial charge in [-0.2, -0.15) is 5.10 Å². The molecule has 0 bridgehead atoms. The molecule has 1 fully saturated rings. The van der Waals surface area contributed by atoms with Gasteiger partial charge in [-0.25, -0.2) is 0 Å². The van der Waals surface area contributed by atoms with E-state index in [4.69, 9.17) is 16.0 Å². The van der Waals surface area contributed by atoms with Gasteiger partial charge in [-0.05, 0) is 36.2 Å². The quantitative estimate of drug-likeness (QED) is 0.690. The number of nitrogens with one attached hydrogen (secondary N) is 1. The number of carbonyl (C=O) groups excluding carboxylic acids is 1. The molecule has 1 aromatic heterocycles. The minimum Gasteiger partial charge on any atom is -0.463 e. The van der Waals surface area contributed by atoms with Crippen molar-refractivity contribution < 1.29 is 9.21 Å². The second kappa shape index (κ2) is 6.81. The number of amides is 1. The van der Waals surface area contributed by atoms with E-state index in [1.165, 1.54) is 18.0 Å². The van der Waals surface area contributed by atoms with Crippen molar-refractivity contribution in [3.05, 3.63) is 59.0 Å². The molecule has 2 aromatic rings. The van der Waals surface area contributed by atoms with Crippen LogP contribution in [0.25, 0.3) is 0 Å². The summed E-state index contributed by atoms with van der Waals surface area (Å²) in [6.45, 7) is 0. The average Bonchev–Trinajstić information content (AvgIpc) is 3.10. The van der Waals surface area contributed by atoms with Crippen LogP contribution in [-0.4, -0.2) is 22.5 Å². The largest absolute Gasteiger partial charge is 0.463 e. The van der Waals surface area contributed by atoms with Gasteiger partial charge in [0.1, 0.15) is 5.76 Å². The van der Waals surface area contributed by atoms with E-state index in [9.17, 15) is 4.79 Å². The molecule has 22 heavy (non-hydrogen) atoms. The highest BCUT2D eigenvalue weighted by molar-refractivity contribution is 8.15. The summed E-state index contributed by atoms with van der Waals surface area (Å²) in [5.74, 6) is 0.533. The highest BCUT2D eigenvalue weighted by Crippen LogP contribution is 2.24. The smallest absolute Gasteiger partial charge is 0.239 e. The lowest BCUT2D eigenvalue weighted by molar-refractivity contribution is -0.118. The first-order valence-electron chi connectivity index (χ1n) is 6.57. The summed E-state index contributed by atoms with van der Waals surface area (Å²) in [6.07, 6.45) is 3.64. The molecule has 0 radical (unpaired) electrons. The van der Waals surface area contributed by atoms with E-state index in [1.807, 2.05) is 24.3 Å². The Morgan fingerprint density at radius 1 is 1.36 bits per heavy atom. The van der Waals surface area contributed by atoms with Gasteiger partial charge in [0.25, 0.3) is 0 Å². The summed E-state index contributed by atoms with van der Waals surface area (Å²) >= 11 is 7.31. The highest BCUT2D eigenvalue weighted by Gasteiger charge is 2.30. The maximum atomic E-state index is 11.9. The van der Waals surface area contributed by atoms with E-state index in [-0.39, 0.29) is 11.2 Å². The van der Waals surface area contributed by atoms with Crippen molar-refractivity contribution in [2.45, 2.75) is 11.7 Å². The molecule has 5 nitrogen and oxygen atoms in total. The zero-order valence-electron chi connectivity index (χ0n) is 11.4. The Hall–Kier alpha value is -2.05. The molecular weight excluding hydrogens is 322 g/mol. The SMILES string of the molecule is O=C1NC(=NN=Cc2ccco2)SC1Cc1cccc(Cl)c1. The van der Waals surface area contributed by atoms with Crippen LogP contribution in [0.2, 0.25) is 5.02 Å². The lowest BCUT2D eigenvalue weighted by Crippen LogP contribution is -2.25. The molecule has 7 heteroatoms. The summed E-state index contributed by atoms with van der Waals surface area (Å²) in [4.78, 5) is 11.9. The van der Waals surface area contributed by atoms with Crippen LogP contribution >= 0.6 is 23.4 Å². The number of carbonyl (C=O) groups is 1. The summed E-state index contributed by atoms with van der Waals surface area (Å²) in [5, 5.41) is 11.5. The van der Waals surface area contributed by atoms with Crippen LogP contribution < -0.4 is 5.32 Å². The number of hydrogen-bond acceptors (Lipinski definition) is 5. The van der Waals surface area contributed by atoms with Crippen LogP contribution in [0, 0.1) is 0 Å². The topological polar surface area (TPSA) is 67.0 Å². The Morgan fingerprint density at radius 3 is 3.05 bits per heavy atom. The standard InChI is InChI=1S/C15H12ClN3O2S/c16-11-4-1-3-10(7-11)8-13-14(20)18-15(22-13)19-17-9-12-5-2-6-21-12/h1-7,9,13H,8H2,(H,18,19,20). The zero-order valence-corrected chi connectivity index (χ0v) is 13.0. The van der Waals surface area contributed by atoms with Gasteiger partial charge in [0, 0.05) is 5.02 Å². The number of halogens is 1. The molecule has 1 atom stereocenters. The van der Waals surface area contributed by atoms with Crippen molar-refractivity contribution in [3.63, 3.8) is 0 Å². The molecule has 112 valence electrons. The molecule has 1 aromatic carbocycles. The first kappa shape index (κ1) is 14.9. The van der Waals surface area contributed by atoms with Gasteiger partial charge in [0.2, 0.25) is 5.91 Å². The monoisotopic (exact) mass is 333 g/mol. The Labute approximate surface area is 136 Å². The van der Waals surface area contributed by atoms with E-state index < -0.39 is 0 Å². The van der Waals surface area contributed by atoms with Gasteiger partial charge in [0.05, 0.1) is 17.7 Å². The van der Waals surface area contributed by atoms with Crippen molar-refractivity contribution in [2.75, 3.05) is 0 Å². The fraction of sp³-hybridized carbons (Fsp3) is 0.133. The molecule has 0 saturated carbocycles. The minimum atomic E-state index is -0.226. The Kier molecular flexibility index (Phi) is 4.60. The van der Waals surface area contributed by atoms with Crippen LogP contribution in [0.4, 0.5) is 0 Å². The maximum Gasteiger partial charge on any atom is 0.239 e. The Balaban J connectivity index is 1.63. The molecular formula is C15H12ClN3O2S. The van der Waals surface area contributed by atoms with Gasteiger partial charge in [0.15, 0.2) is 5.17 Å². The first-order valence-corrected chi connectivity index (χ1v) is 7.83. The van der Waals surface area contributed by atoms with Gasteiger partial charge in [-0.1, -0.05) is 35.5 Å². The molecule has 3 rings (SSSR count). The maximum absolute atomic E-state index is 11.9. The highest BCUT2D eigenvalue weighted by atomic mass is 35.5. The molecule has 1 aliphatic heterocycles. The molecule has 1 unspecified atom stereocenters. The van der Waals surface area contributed by atoms with Crippen LogP contribution in [0.3, 0.4) is 0 Å². The van der Waals surface area contributed by atoms with Gasteiger partial charge in [-0.15, -0.1) is 5.10 Å². The second-order valence-electron chi connectivity index (χ2n) is 4.59. The third-order valence-corrected chi connectivity index (χ3v) is 4.27. The third kappa shape index (κ3) is 3.78. The number of hydrogen-bond donors (Lipinski definition) is 1. The second-order valence-corrected chi connectivity index (χ2v) is 6.22. The molecule has 1 aliphatic rings. The van der Waals surface area contributed by atoms with Gasteiger partial charge < -0.3 is 9.73 Å². The third-order valence-electron chi connectivity index (χ3n) is 2.96. The van der Waals surface area contributed by atoms with Crippen LogP contribution in [0.15, 0.2) is 57.3 Å². The molecule has 0 aliphatic carbocycles. The van der Waals surface area contributed by atoms with Crippen LogP contribution in [-0.2, 0) is 11.2 Å². The average molecular weight is 334 g/mol. The van der Waals surface area contributed by atoms with E-state index in [0.717, 1.165) is 5.56 Å². The summed E-state index contributed by atoms with van der Waals surface area (Å²) in [7, 11) is 0. The molecule has 1 N–H and O–H groups in total. The fourth-order valence-corrected chi connectivity index (χ4v) is 3.15. The van der Waals surface area contributed by atoms with Gasteiger partial charge >= 0.3 is 0 Å². The Bertz CT molecular complexity index is 728. The van der Waals surface area contributed by atoms with Gasteiger partial charge in [-0.3, -0.25) is 4.79 Å². The number of furan rings is 1. The zero-order chi connectivity index (χ0) is 15.4.